The molecule has 0 aliphatic carbocycles. The molecule has 1 fully saturated rings. The van der Waals surface area contributed by atoms with E-state index < -0.39 is 11.8 Å². The smallest absolute Gasteiger partial charge is 0.309 e. The SMILES string of the molecule is O=C(NCc1ccccn1)C(=O)NC[C@@H](c1cccnc1)N1CCOCC1. The molecule has 142 valence electrons. The van der Waals surface area contributed by atoms with Crippen LogP contribution in [-0.2, 0) is 20.9 Å². The first-order valence-electron chi connectivity index (χ1n) is 8.91. The standard InChI is InChI=1S/C19H23N5O3/c25-18(22-13-16-5-1-2-7-21-16)19(26)23-14-17(15-4-3-6-20-12-15)24-8-10-27-11-9-24/h1-7,12,17H,8-11,13-14H2,(H,22,25)(H,23,26)/t17-/m0/s1. The first-order valence-corrected chi connectivity index (χ1v) is 8.91. The summed E-state index contributed by atoms with van der Waals surface area (Å²) in [4.78, 5) is 34.7. The number of hydrogen-bond donors (Lipinski definition) is 2. The van der Waals surface area contributed by atoms with Crippen molar-refractivity contribution in [2.75, 3.05) is 32.8 Å². The number of pyridine rings is 2. The normalized spacial score (nSPS) is 15.7. The molecular formula is C19H23N5O3. The van der Waals surface area contributed by atoms with Gasteiger partial charge in [0.2, 0.25) is 0 Å². The third kappa shape index (κ3) is 5.57. The van der Waals surface area contributed by atoms with Gasteiger partial charge in [0.05, 0.1) is 31.5 Å². The fourth-order valence-corrected chi connectivity index (χ4v) is 2.94. The molecule has 0 aromatic carbocycles. The van der Waals surface area contributed by atoms with Gasteiger partial charge in [-0.25, -0.2) is 0 Å². The number of morpholine rings is 1. The monoisotopic (exact) mass is 369 g/mol. The molecule has 3 rings (SSSR count). The molecule has 1 saturated heterocycles. The minimum atomic E-state index is -0.674. The Morgan fingerprint density at radius 2 is 1.89 bits per heavy atom. The molecule has 27 heavy (non-hydrogen) atoms. The molecule has 1 aliphatic heterocycles. The van der Waals surface area contributed by atoms with Crippen LogP contribution < -0.4 is 10.6 Å². The Morgan fingerprint density at radius 1 is 1.07 bits per heavy atom. The molecule has 2 aromatic heterocycles. The Hall–Kier alpha value is -2.84. The van der Waals surface area contributed by atoms with Crippen molar-refractivity contribution in [3.63, 3.8) is 0 Å². The molecule has 1 aliphatic rings. The molecule has 3 heterocycles. The van der Waals surface area contributed by atoms with Crippen molar-refractivity contribution >= 4 is 11.8 Å². The van der Waals surface area contributed by atoms with E-state index in [2.05, 4.69) is 25.5 Å². The Morgan fingerprint density at radius 3 is 2.59 bits per heavy atom. The molecule has 2 N–H and O–H groups in total. The fraction of sp³-hybridized carbons (Fsp3) is 0.368. The zero-order valence-electron chi connectivity index (χ0n) is 15.0. The summed E-state index contributed by atoms with van der Waals surface area (Å²) in [5.41, 5.74) is 1.69. The summed E-state index contributed by atoms with van der Waals surface area (Å²) in [6, 6.07) is 9.19. The second-order valence-corrected chi connectivity index (χ2v) is 6.16. The predicted molar refractivity (Wildman–Crippen MR) is 98.5 cm³/mol. The zero-order valence-corrected chi connectivity index (χ0v) is 15.0. The van der Waals surface area contributed by atoms with Gasteiger partial charge in [-0.3, -0.25) is 24.5 Å². The third-order valence-electron chi connectivity index (χ3n) is 4.37. The molecule has 2 amide bonds. The molecule has 1 atom stereocenters. The third-order valence-corrected chi connectivity index (χ3v) is 4.37. The van der Waals surface area contributed by atoms with Crippen LogP contribution in [0.25, 0.3) is 0 Å². The van der Waals surface area contributed by atoms with Crippen LogP contribution in [0, 0.1) is 0 Å². The van der Waals surface area contributed by atoms with Gasteiger partial charge < -0.3 is 15.4 Å². The highest BCUT2D eigenvalue weighted by Crippen LogP contribution is 2.20. The van der Waals surface area contributed by atoms with Crippen LogP contribution in [0.2, 0.25) is 0 Å². The lowest BCUT2D eigenvalue weighted by molar-refractivity contribution is -0.139. The van der Waals surface area contributed by atoms with Crippen LogP contribution >= 0.6 is 0 Å². The Kier molecular flexibility index (Phi) is 6.84. The van der Waals surface area contributed by atoms with Gasteiger partial charge in [-0.2, -0.15) is 0 Å². The number of nitrogens with one attached hydrogen (secondary N) is 2. The van der Waals surface area contributed by atoms with Crippen LogP contribution in [0.5, 0.6) is 0 Å². The Balaban J connectivity index is 1.55. The van der Waals surface area contributed by atoms with Crippen LogP contribution in [-0.4, -0.2) is 59.5 Å². The molecule has 0 unspecified atom stereocenters. The highest BCUT2D eigenvalue weighted by Gasteiger charge is 2.24. The summed E-state index contributed by atoms with van der Waals surface area (Å²) in [5.74, 6) is -1.33. The molecule has 8 nitrogen and oxygen atoms in total. The average molecular weight is 369 g/mol. The van der Waals surface area contributed by atoms with E-state index in [9.17, 15) is 9.59 Å². The van der Waals surface area contributed by atoms with E-state index in [0.29, 0.717) is 25.5 Å². The van der Waals surface area contributed by atoms with Crippen molar-refractivity contribution in [1.82, 2.24) is 25.5 Å². The number of ether oxygens (including phenoxy) is 1. The van der Waals surface area contributed by atoms with E-state index in [1.807, 2.05) is 18.2 Å². The maximum atomic E-state index is 12.2. The number of carbonyl (C=O) groups is 2. The number of rotatable bonds is 6. The summed E-state index contributed by atoms with van der Waals surface area (Å²) in [5, 5.41) is 5.32. The van der Waals surface area contributed by atoms with Gasteiger partial charge in [0, 0.05) is 38.2 Å². The lowest BCUT2D eigenvalue weighted by atomic mass is 10.1. The van der Waals surface area contributed by atoms with Crippen molar-refractivity contribution < 1.29 is 14.3 Å². The number of hydrogen-bond acceptors (Lipinski definition) is 6. The van der Waals surface area contributed by atoms with Crippen LogP contribution in [0.15, 0.2) is 48.9 Å². The van der Waals surface area contributed by atoms with Gasteiger partial charge in [0.25, 0.3) is 0 Å². The zero-order chi connectivity index (χ0) is 18.9. The molecule has 0 saturated carbocycles. The molecule has 0 bridgehead atoms. The van der Waals surface area contributed by atoms with Gasteiger partial charge in [-0.1, -0.05) is 12.1 Å². The first kappa shape index (κ1) is 18.9. The molecule has 0 spiro atoms. The minimum absolute atomic E-state index is 0.0601. The number of carbonyl (C=O) groups excluding carboxylic acids is 2. The number of amides is 2. The van der Waals surface area contributed by atoms with Crippen LogP contribution in [0.4, 0.5) is 0 Å². The van der Waals surface area contributed by atoms with Crippen molar-refractivity contribution in [3.05, 3.63) is 60.2 Å². The van der Waals surface area contributed by atoms with E-state index in [1.165, 1.54) is 0 Å². The summed E-state index contributed by atoms with van der Waals surface area (Å²) in [6.45, 7) is 3.36. The van der Waals surface area contributed by atoms with Crippen LogP contribution in [0.1, 0.15) is 17.3 Å². The largest absolute Gasteiger partial charge is 0.379 e. The summed E-state index contributed by atoms with van der Waals surface area (Å²) < 4.78 is 5.41. The van der Waals surface area contributed by atoms with E-state index in [0.717, 1.165) is 18.7 Å². The Bertz CT molecular complexity index is 736. The minimum Gasteiger partial charge on any atom is -0.379 e. The van der Waals surface area contributed by atoms with Gasteiger partial charge >= 0.3 is 11.8 Å². The molecular weight excluding hydrogens is 346 g/mol. The van der Waals surface area contributed by atoms with Gasteiger partial charge in [-0.05, 0) is 23.8 Å². The first-order chi connectivity index (χ1) is 13.2. The lowest BCUT2D eigenvalue weighted by Crippen LogP contribution is -2.46. The van der Waals surface area contributed by atoms with Crippen molar-refractivity contribution in [2.24, 2.45) is 0 Å². The predicted octanol–water partition coefficient (Wildman–Crippen LogP) is 0.283. The molecule has 0 radical (unpaired) electrons. The van der Waals surface area contributed by atoms with E-state index in [-0.39, 0.29) is 12.6 Å². The lowest BCUT2D eigenvalue weighted by Gasteiger charge is -2.34. The highest BCUT2D eigenvalue weighted by molar-refractivity contribution is 6.35. The van der Waals surface area contributed by atoms with E-state index in [1.54, 1.807) is 30.7 Å². The highest BCUT2D eigenvalue weighted by atomic mass is 16.5. The van der Waals surface area contributed by atoms with Gasteiger partial charge in [0.1, 0.15) is 0 Å². The summed E-state index contributed by atoms with van der Waals surface area (Å²) >= 11 is 0. The van der Waals surface area contributed by atoms with Crippen molar-refractivity contribution in [1.29, 1.82) is 0 Å². The topological polar surface area (TPSA) is 96.5 Å². The van der Waals surface area contributed by atoms with E-state index >= 15 is 0 Å². The quantitative estimate of drug-likeness (QED) is 0.710. The summed E-state index contributed by atoms with van der Waals surface area (Å²) in [7, 11) is 0. The molecule has 8 heteroatoms. The number of nitrogens with zero attached hydrogens (tertiary/aromatic N) is 3. The van der Waals surface area contributed by atoms with Gasteiger partial charge in [0.15, 0.2) is 0 Å². The van der Waals surface area contributed by atoms with Gasteiger partial charge in [-0.15, -0.1) is 0 Å². The second kappa shape index (κ2) is 9.75. The summed E-state index contributed by atoms with van der Waals surface area (Å²) in [6.07, 6.45) is 5.14. The Labute approximate surface area is 158 Å². The van der Waals surface area contributed by atoms with Crippen LogP contribution in [0.3, 0.4) is 0 Å². The second-order valence-electron chi connectivity index (χ2n) is 6.16. The number of aromatic nitrogens is 2. The van der Waals surface area contributed by atoms with Crippen molar-refractivity contribution in [3.8, 4) is 0 Å². The maximum Gasteiger partial charge on any atom is 0.309 e. The fourth-order valence-electron chi connectivity index (χ4n) is 2.94. The maximum absolute atomic E-state index is 12.2. The van der Waals surface area contributed by atoms with E-state index in [4.69, 9.17) is 4.74 Å². The average Bonchev–Trinajstić information content (AvgIpc) is 2.74. The molecule has 2 aromatic rings. The van der Waals surface area contributed by atoms with Crippen molar-refractivity contribution in [2.45, 2.75) is 12.6 Å².